The van der Waals surface area contributed by atoms with Gasteiger partial charge in [-0.25, -0.2) is 0 Å². The number of carbonyl (C=O) groups excluding carboxylic acids is 3. The van der Waals surface area contributed by atoms with Crippen molar-refractivity contribution in [2.45, 2.75) is 32.6 Å². The van der Waals surface area contributed by atoms with Crippen LogP contribution in [-0.4, -0.2) is 24.6 Å². The number of ketones is 2. The Kier molecular flexibility index (Phi) is 4.02. The average molecular weight is 274 g/mol. The number of fused-ring (bicyclic) bond motifs is 1. The lowest BCUT2D eigenvalue weighted by molar-refractivity contribution is -0.150. The zero-order valence-electron chi connectivity index (χ0n) is 11.8. The summed E-state index contributed by atoms with van der Waals surface area (Å²) in [5, 5.41) is 0. The standard InChI is InChI=1S/C16H18O4/c1-11(17)7-9-16(15(19)20-2)10-8-12-5-3-4-6-13(12)14(16)18/h3-6H,7-10H2,1-2H3. The van der Waals surface area contributed by atoms with Crippen molar-refractivity contribution in [3.63, 3.8) is 0 Å². The van der Waals surface area contributed by atoms with E-state index in [0.29, 0.717) is 18.4 Å². The highest BCUT2D eigenvalue weighted by molar-refractivity contribution is 6.14. The molecule has 0 saturated carbocycles. The van der Waals surface area contributed by atoms with E-state index in [4.69, 9.17) is 4.74 Å². The molecule has 1 aromatic rings. The molecule has 4 nitrogen and oxygen atoms in total. The Morgan fingerprint density at radius 1 is 1.30 bits per heavy atom. The normalized spacial score (nSPS) is 21.2. The summed E-state index contributed by atoms with van der Waals surface area (Å²) in [5.74, 6) is -0.773. The quantitative estimate of drug-likeness (QED) is 0.624. The third-order valence-electron chi connectivity index (χ3n) is 4.00. The molecule has 1 atom stereocenters. The molecule has 0 aromatic heterocycles. The topological polar surface area (TPSA) is 60.4 Å². The van der Waals surface area contributed by atoms with Gasteiger partial charge in [-0.2, -0.15) is 0 Å². The van der Waals surface area contributed by atoms with Crippen LogP contribution in [0.25, 0.3) is 0 Å². The Balaban J connectivity index is 2.41. The summed E-state index contributed by atoms with van der Waals surface area (Å²) in [6, 6.07) is 7.31. The number of rotatable bonds is 4. The van der Waals surface area contributed by atoms with Crippen molar-refractivity contribution in [2.24, 2.45) is 5.41 Å². The Morgan fingerprint density at radius 2 is 2.00 bits per heavy atom. The third kappa shape index (κ3) is 2.38. The van der Waals surface area contributed by atoms with Gasteiger partial charge < -0.3 is 9.53 Å². The van der Waals surface area contributed by atoms with E-state index in [1.54, 1.807) is 12.1 Å². The predicted octanol–water partition coefficient (Wildman–Crippen LogP) is 2.34. The lowest BCUT2D eigenvalue weighted by Gasteiger charge is -2.33. The van der Waals surface area contributed by atoms with Crippen LogP contribution in [0.3, 0.4) is 0 Å². The van der Waals surface area contributed by atoms with Crippen molar-refractivity contribution in [1.82, 2.24) is 0 Å². The first-order chi connectivity index (χ1) is 9.51. The van der Waals surface area contributed by atoms with Crippen molar-refractivity contribution in [3.05, 3.63) is 35.4 Å². The number of aryl methyl sites for hydroxylation is 1. The number of benzene rings is 1. The predicted molar refractivity (Wildman–Crippen MR) is 73.5 cm³/mol. The summed E-state index contributed by atoms with van der Waals surface area (Å²) in [5.41, 5.74) is 0.335. The van der Waals surface area contributed by atoms with Gasteiger partial charge in [0.25, 0.3) is 0 Å². The monoisotopic (exact) mass is 274 g/mol. The van der Waals surface area contributed by atoms with Gasteiger partial charge in [0.2, 0.25) is 0 Å². The van der Waals surface area contributed by atoms with Gasteiger partial charge in [-0.15, -0.1) is 0 Å². The zero-order chi connectivity index (χ0) is 14.8. The first-order valence-corrected chi connectivity index (χ1v) is 6.72. The van der Waals surface area contributed by atoms with Crippen molar-refractivity contribution < 1.29 is 19.1 Å². The number of hydrogen-bond acceptors (Lipinski definition) is 4. The number of esters is 1. The highest BCUT2D eigenvalue weighted by Crippen LogP contribution is 2.40. The average Bonchev–Trinajstić information content (AvgIpc) is 2.46. The minimum absolute atomic E-state index is 0.0278. The highest BCUT2D eigenvalue weighted by atomic mass is 16.5. The summed E-state index contributed by atoms with van der Waals surface area (Å²) in [7, 11) is 1.28. The SMILES string of the molecule is COC(=O)C1(CCC(C)=O)CCc2ccccc2C1=O. The number of ether oxygens (including phenoxy) is 1. The lowest BCUT2D eigenvalue weighted by Crippen LogP contribution is -2.44. The van der Waals surface area contributed by atoms with Gasteiger partial charge >= 0.3 is 5.97 Å². The molecule has 4 heteroatoms. The lowest BCUT2D eigenvalue weighted by atomic mass is 9.67. The van der Waals surface area contributed by atoms with Crippen molar-refractivity contribution in [3.8, 4) is 0 Å². The molecule has 0 fully saturated rings. The summed E-state index contributed by atoms with van der Waals surface area (Å²) >= 11 is 0. The second-order valence-corrected chi connectivity index (χ2v) is 5.26. The fourth-order valence-corrected chi connectivity index (χ4v) is 2.80. The van der Waals surface area contributed by atoms with Gasteiger partial charge in [-0.1, -0.05) is 24.3 Å². The molecule has 2 rings (SSSR count). The van der Waals surface area contributed by atoms with E-state index in [9.17, 15) is 14.4 Å². The molecular weight excluding hydrogens is 256 g/mol. The van der Waals surface area contributed by atoms with Gasteiger partial charge in [0.1, 0.15) is 11.2 Å². The smallest absolute Gasteiger partial charge is 0.319 e. The second kappa shape index (κ2) is 5.57. The van der Waals surface area contributed by atoms with E-state index in [0.717, 1.165) is 5.56 Å². The maximum atomic E-state index is 12.7. The van der Waals surface area contributed by atoms with Crippen LogP contribution in [0.4, 0.5) is 0 Å². The van der Waals surface area contributed by atoms with Crippen molar-refractivity contribution in [2.75, 3.05) is 7.11 Å². The van der Waals surface area contributed by atoms with Crippen LogP contribution in [0.2, 0.25) is 0 Å². The number of carbonyl (C=O) groups is 3. The molecule has 0 bridgehead atoms. The van der Waals surface area contributed by atoms with Gasteiger partial charge in [0.15, 0.2) is 5.78 Å². The van der Waals surface area contributed by atoms with Gasteiger partial charge in [0, 0.05) is 12.0 Å². The molecule has 0 saturated heterocycles. The molecule has 20 heavy (non-hydrogen) atoms. The molecular formula is C16H18O4. The number of Topliss-reactive ketones (excluding diaryl/α,β-unsaturated/α-hetero) is 2. The molecule has 1 aliphatic carbocycles. The molecule has 0 radical (unpaired) electrons. The Bertz CT molecular complexity index is 561. The third-order valence-corrected chi connectivity index (χ3v) is 4.00. The van der Waals surface area contributed by atoms with Crippen LogP contribution in [0.5, 0.6) is 0 Å². The summed E-state index contributed by atoms with van der Waals surface area (Å²) in [4.78, 5) is 36.1. The summed E-state index contributed by atoms with van der Waals surface area (Å²) < 4.78 is 4.84. The Hall–Kier alpha value is -1.97. The van der Waals surface area contributed by atoms with E-state index >= 15 is 0 Å². The van der Waals surface area contributed by atoms with E-state index in [1.807, 2.05) is 12.1 Å². The Morgan fingerprint density at radius 3 is 2.65 bits per heavy atom. The summed E-state index contributed by atoms with van der Waals surface area (Å²) in [6.45, 7) is 1.46. The van der Waals surface area contributed by atoms with E-state index in [2.05, 4.69) is 0 Å². The van der Waals surface area contributed by atoms with Crippen LogP contribution >= 0.6 is 0 Å². The molecule has 1 aliphatic rings. The molecule has 0 N–H and O–H groups in total. The molecule has 0 heterocycles. The first kappa shape index (κ1) is 14.4. The van der Waals surface area contributed by atoms with E-state index < -0.39 is 11.4 Å². The van der Waals surface area contributed by atoms with Gasteiger partial charge in [-0.3, -0.25) is 9.59 Å². The minimum atomic E-state index is -1.20. The van der Waals surface area contributed by atoms with E-state index in [1.165, 1.54) is 14.0 Å². The number of hydrogen-bond donors (Lipinski definition) is 0. The van der Waals surface area contributed by atoms with Crippen LogP contribution in [0.15, 0.2) is 24.3 Å². The second-order valence-electron chi connectivity index (χ2n) is 5.26. The highest BCUT2D eigenvalue weighted by Gasteiger charge is 2.49. The minimum Gasteiger partial charge on any atom is -0.468 e. The number of methoxy groups -OCH3 is 1. The van der Waals surface area contributed by atoms with Crippen LogP contribution < -0.4 is 0 Å². The van der Waals surface area contributed by atoms with E-state index in [-0.39, 0.29) is 24.4 Å². The maximum Gasteiger partial charge on any atom is 0.319 e. The van der Waals surface area contributed by atoms with Crippen LogP contribution in [-0.2, 0) is 20.7 Å². The maximum absolute atomic E-state index is 12.7. The van der Waals surface area contributed by atoms with Gasteiger partial charge in [-0.05, 0) is 31.7 Å². The van der Waals surface area contributed by atoms with Crippen LogP contribution in [0.1, 0.15) is 42.1 Å². The largest absolute Gasteiger partial charge is 0.468 e. The first-order valence-electron chi connectivity index (χ1n) is 6.72. The Labute approximate surface area is 118 Å². The zero-order valence-corrected chi connectivity index (χ0v) is 11.8. The van der Waals surface area contributed by atoms with Gasteiger partial charge in [0.05, 0.1) is 7.11 Å². The molecule has 1 aromatic carbocycles. The molecule has 106 valence electrons. The molecule has 1 unspecified atom stereocenters. The fraction of sp³-hybridized carbons (Fsp3) is 0.438. The van der Waals surface area contributed by atoms with Crippen LogP contribution in [0, 0.1) is 5.41 Å². The molecule has 0 aliphatic heterocycles. The van der Waals surface area contributed by atoms with Crippen molar-refractivity contribution in [1.29, 1.82) is 0 Å². The molecule has 0 amide bonds. The molecule has 0 spiro atoms. The van der Waals surface area contributed by atoms with Crippen molar-refractivity contribution >= 4 is 17.5 Å². The fourth-order valence-electron chi connectivity index (χ4n) is 2.80. The summed E-state index contributed by atoms with van der Waals surface area (Å²) in [6.07, 6.45) is 1.49.